The van der Waals surface area contributed by atoms with E-state index in [1.54, 1.807) is 30.2 Å². The summed E-state index contributed by atoms with van der Waals surface area (Å²) in [5, 5.41) is 0. The van der Waals surface area contributed by atoms with Crippen molar-refractivity contribution in [3.05, 3.63) is 20.8 Å². The smallest absolute Gasteiger partial charge is 0.310 e. The number of carbonyl (C=O) groups excluding carboxylic acids is 2. The number of amides is 1. The number of hydrogen-bond donors (Lipinski definition) is 0. The minimum atomic E-state index is -0.290. The molecule has 1 unspecified atom stereocenters. The fraction of sp³-hybridized carbons (Fsp3) is 0.571. The second-order valence-electron chi connectivity index (χ2n) is 4.76. The van der Waals surface area contributed by atoms with E-state index in [1.807, 2.05) is 6.07 Å². The first-order valence-corrected chi connectivity index (χ1v) is 8.11. The van der Waals surface area contributed by atoms with Gasteiger partial charge in [0.1, 0.15) is 0 Å². The quantitative estimate of drug-likeness (QED) is 0.701. The summed E-state index contributed by atoms with van der Waals surface area (Å²) >= 11 is 5.12. The van der Waals surface area contributed by atoms with Gasteiger partial charge in [-0.2, -0.15) is 0 Å². The lowest BCUT2D eigenvalue weighted by molar-refractivity contribution is -0.146. The molecule has 0 saturated heterocycles. The number of thiophene rings is 1. The molecule has 0 aliphatic rings. The van der Waals surface area contributed by atoms with E-state index < -0.39 is 0 Å². The zero-order chi connectivity index (χ0) is 15.1. The van der Waals surface area contributed by atoms with Crippen LogP contribution in [0.5, 0.6) is 0 Å². The highest BCUT2D eigenvalue weighted by atomic mass is 79.9. The van der Waals surface area contributed by atoms with Crippen molar-refractivity contribution < 1.29 is 14.3 Å². The summed E-state index contributed by atoms with van der Waals surface area (Å²) in [6, 6.07) is 4.09. The number of nitrogens with zero attached hydrogens (tertiary/aromatic N) is 1. The summed E-state index contributed by atoms with van der Waals surface area (Å²) in [6.45, 7) is 2.16. The Balaban J connectivity index is 2.29. The average Bonchev–Trinajstić information content (AvgIpc) is 2.83. The predicted octanol–water partition coefficient (Wildman–Crippen LogP) is 3.10. The highest BCUT2D eigenvalue weighted by Crippen LogP contribution is 2.23. The van der Waals surface area contributed by atoms with E-state index >= 15 is 0 Å². The zero-order valence-electron chi connectivity index (χ0n) is 12.0. The van der Waals surface area contributed by atoms with Crippen LogP contribution in [-0.2, 0) is 20.7 Å². The fourth-order valence-electron chi connectivity index (χ4n) is 1.88. The van der Waals surface area contributed by atoms with Gasteiger partial charge in [-0.15, -0.1) is 11.3 Å². The molecule has 0 saturated carbocycles. The molecule has 6 heteroatoms. The van der Waals surface area contributed by atoms with Gasteiger partial charge in [0.05, 0.1) is 16.8 Å². The van der Waals surface area contributed by atoms with Gasteiger partial charge in [0.2, 0.25) is 5.91 Å². The maximum absolute atomic E-state index is 12.0. The van der Waals surface area contributed by atoms with Crippen molar-refractivity contribution in [1.29, 1.82) is 0 Å². The summed E-state index contributed by atoms with van der Waals surface area (Å²) in [6.07, 6.45) is 2.23. The molecule has 1 amide bonds. The molecule has 4 nitrogen and oxygen atoms in total. The van der Waals surface area contributed by atoms with Crippen LogP contribution in [0.15, 0.2) is 15.9 Å². The highest BCUT2D eigenvalue weighted by Gasteiger charge is 2.18. The monoisotopic (exact) mass is 361 g/mol. The summed E-state index contributed by atoms with van der Waals surface area (Å²) in [4.78, 5) is 26.1. The second-order valence-corrected chi connectivity index (χ2v) is 7.31. The van der Waals surface area contributed by atoms with Crippen LogP contribution in [-0.4, -0.2) is 37.5 Å². The number of aryl methyl sites for hydroxylation is 1. The van der Waals surface area contributed by atoms with Crippen molar-refractivity contribution in [2.75, 3.05) is 20.7 Å². The molecule has 112 valence electrons. The third-order valence-electron chi connectivity index (χ3n) is 3.02. The molecule has 1 aromatic rings. The molecule has 0 radical (unpaired) electrons. The van der Waals surface area contributed by atoms with Crippen LogP contribution in [0, 0.1) is 5.92 Å². The van der Waals surface area contributed by atoms with E-state index in [0.29, 0.717) is 13.0 Å². The molecule has 1 rings (SSSR count). The van der Waals surface area contributed by atoms with Crippen LogP contribution in [0.2, 0.25) is 0 Å². The van der Waals surface area contributed by atoms with Crippen LogP contribution < -0.4 is 0 Å². The average molecular weight is 362 g/mol. The molecule has 20 heavy (non-hydrogen) atoms. The summed E-state index contributed by atoms with van der Waals surface area (Å²) in [5.74, 6) is -0.508. The largest absolute Gasteiger partial charge is 0.469 e. The van der Waals surface area contributed by atoms with Gasteiger partial charge in [0, 0.05) is 24.9 Å². The topological polar surface area (TPSA) is 46.6 Å². The Kier molecular flexibility index (Phi) is 7.23. The van der Waals surface area contributed by atoms with Gasteiger partial charge in [0.15, 0.2) is 0 Å². The van der Waals surface area contributed by atoms with Crippen molar-refractivity contribution in [1.82, 2.24) is 4.90 Å². The summed E-state index contributed by atoms with van der Waals surface area (Å²) < 4.78 is 5.77. The fourth-order valence-corrected chi connectivity index (χ4v) is 3.40. The van der Waals surface area contributed by atoms with Gasteiger partial charge in [-0.05, 0) is 40.9 Å². The molecule has 1 aromatic heterocycles. The number of rotatable bonds is 7. The Labute approximate surface area is 132 Å². The summed E-state index contributed by atoms with van der Waals surface area (Å²) in [5.41, 5.74) is 0. The number of hydrogen-bond acceptors (Lipinski definition) is 4. The maximum Gasteiger partial charge on any atom is 0.310 e. The van der Waals surface area contributed by atoms with Crippen molar-refractivity contribution in [2.45, 2.75) is 26.2 Å². The molecule has 1 heterocycles. The lowest BCUT2D eigenvalue weighted by Crippen LogP contribution is -2.34. The molecule has 0 fully saturated rings. The van der Waals surface area contributed by atoms with Crippen molar-refractivity contribution in [3.63, 3.8) is 0 Å². The number of carbonyl (C=O) groups is 2. The standard InChI is InChI=1S/C14H20BrNO3S/c1-10(14(18)19-3)9-16(2)13(17)6-4-5-11-7-8-12(15)20-11/h7-8,10H,4-6,9H2,1-3H3. The van der Waals surface area contributed by atoms with E-state index in [9.17, 15) is 9.59 Å². The number of ether oxygens (including phenoxy) is 1. The molecule has 0 aliphatic heterocycles. The van der Waals surface area contributed by atoms with Crippen molar-refractivity contribution in [2.24, 2.45) is 5.92 Å². The van der Waals surface area contributed by atoms with Crippen LogP contribution in [0.4, 0.5) is 0 Å². The van der Waals surface area contributed by atoms with E-state index in [4.69, 9.17) is 0 Å². The van der Waals surface area contributed by atoms with Gasteiger partial charge in [-0.3, -0.25) is 9.59 Å². The first kappa shape index (κ1) is 17.2. The molecule has 0 aromatic carbocycles. The molecular formula is C14H20BrNO3S. The van der Waals surface area contributed by atoms with Crippen molar-refractivity contribution >= 4 is 39.1 Å². The lowest BCUT2D eigenvalue weighted by Gasteiger charge is -2.20. The van der Waals surface area contributed by atoms with Gasteiger partial charge < -0.3 is 9.64 Å². The first-order valence-electron chi connectivity index (χ1n) is 6.50. The Morgan fingerprint density at radius 1 is 1.45 bits per heavy atom. The van der Waals surface area contributed by atoms with E-state index in [0.717, 1.165) is 16.6 Å². The molecule has 0 spiro atoms. The number of methoxy groups -OCH3 is 1. The molecule has 1 atom stereocenters. The predicted molar refractivity (Wildman–Crippen MR) is 83.8 cm³/mol. The minimum Gasteiger partial charge on any atom is -0.469 e. The second kappa shape index (κ2) is 8.42. The third-order valence-corrected chi connectivity index (χ3v) is 4.70. The zero-order valence-corrected chi connectivity index (χ0v) is 14.4. The minimum absolute atomic E-state index is 0.0661. The lowest BCUT2D eigenvalue weighted by atomic mass is 10.1. The SMILES string of the molecule is COC(=O)C(C)CN(C)C(=O)CCCc1ccc(Br)s1. The molecular weight excluding hydrogens is 342 g/mol. The third kappa shape index (κ3) is 5.63. The first-order chi connectivity index (χ1) is 9.43. The maximum atomic E-state index is 12.0. The van der Waals surface area contributed by atoms with Crippen LogP contribution >= 0.6 is 27.3 Å². The van der Waals surface area contributed by atoms with Crippen LogP contribution in [0.3, 0.4) is 0 Å². The van der Waals surface area contributed by atoms with Gasteiger partial charge >= 0.3 is 5.97 Å². The van der Waals surface area contributed by atoms with Crippen molar-refractivity contribution in [3.8, 4) is 0 Å². The summed E-state index contributed by atoms with van der Waals surface area (Å²) in [7, 11) is 3.09. The van der Waals surface area contributed by atoms with E-state index in [-0.39, 0.29) is 17.8 Å². The van der Waals surface area contributed by atoms with Gasteiger partial charge in [0.25, 0.3) is 0 Å². The van der Waals surface area contributed by atoms with Crippen LogP contribution in [0.25, 0.3) is 0 Å². The number of esters is 1. The normalized spacial score (nSPS) is 12.0. The molecule has 0 aliphatic carbocycles. The van der Waals surface area contributed by atoms with E-state index in [1.165, 1.54) is 12.0 Å². The Morgan fingerprint density at radius 2 is 2.15 bits per heavy atom. The Hall–Kier alpha value is -0.880. The highest BCUT2D eigenvalue weighted by molar-refractivity contribution is 9.11. The van der Waals surface area contributed by atoms with E-state index in [2.05, 4.69) is 26.7 Å². The van der Waals surface area contributed by atoms with Gasteiger partial charge in [-0.1, -0.05) is 6.92 Å². The Bertz CT molecular complexity index is 461. The van der Waals surface area contributed by atoms with Gasteiger partial charge in [-0.25, -0.2) is 0 Å². The number of halogens is 1. The van der Waals surface area contributed by atoms with Crippen LogP contribution in [0.1, 0.15) is 24.6 Å². The Morgan fingerprint density at radius 3 is 2.70 bits per heavy atom. The molecule has 0 N–H and O–H groups in total. The molecule has 0 bridgehead atoms.